The highest BCUT2D eigenvalue weighted by molar-refractivity contribution is 5.97. The maximum absolute atomic E-state index is 13.6. The van der Waals surface area contributed by atoms with Crippen LogP contribution < -0.4 is 20.9 Å². The summed E-state index contributed by atoms with van der Waals surface area (Å²) in [5.41, 5.74) is 1.33. The second-order valence-corrected chi connectivity index (χ2v) is 12.6. The van der Waals surface area contributed by atoms with E-state index in [4.69, 9.17) is 14.2 Å². The van der Waals surface area contributed by atoms with Gasteiger partial charge < -0.3 is 29.4 Å². The minimum absolute atomic E-state index is 0.105. The molecule has 10 heteroatoms. The van der Waals surface area contributed by atoms with E-state index in [9.17, 15) is 19.2 Å². The van der Waals surface area contributed by atoms with E-state index in [2.05, 4.69) is 10.6 Å². The van der Waals surface area contributed by atoms with Crippen LogP contribution in [0.3, 0.4) is 0 Å². The van der Waals surface area contributed by atoms with Crippen molar-refractivity contribution in [1.29, 1.82) is 0 Å². The number of rotatable bonds is 10. The quantitative estimate of drug-likeness (QED) is 0.306. The Morgan fingerprint density at radius 3 is 1.95 bits per heavy atom. The number of carbonyl (C=O) groups excluding carboxylic acids is 3. The largest absolute Gasteiger partial charge is 0.497 e. The molecule has 44 heavy (non-hydrogen) atoms. The van der Waals surface area contributed by atoms with Gasteiger partial charge >= 0.3 is 12.1 Å². The fourth-order valence-corrected chi connectivity index (χ4v) is 4.31. The Hall–Kier alpha value is -4.60. The first kappa shape index (κ1) is 33.9. The Labute approximate surface area is 258 Å². The van der Waals surface area contributed by atoms with Crippen molar-refractivity contribution in [3.8, 4) is 5.75 Å². The van der Waals surface area contributed by atoms with Gasteiger partial charge in [0.15, 0.2) is 0 Å². The highest BCUT2D eigenvalue weighted by Crippen LogP contribution is 2.16. The summed E-state index contributed by atoms with van der Waals surface area (Å²) in [5.74, 6) is -0.208. The Morgan fingerprint density at radius 1 is 0.818 bits per heavy atom. The number of anilines is 1. The number of alkyl carbamates (subject to hydrolysis) is 1. The number of esters is 1. The molecule has 1 aromatic heterocycles. The van der Waals surface area contributed by atoms with Gasteiger partial charge in [0, 0.05) is 12.6 Å². The summed E-state index contributed by atoms with van der Waals surface area (Å²) >= 11 is 0. The molecule has 0 saturated heterocycles. The second kappa shape index (κ2) is 14.2. The van der Waals surface area contributed by atoms with Crippen LogP contribution in [0.15, 0.2) is 65.6 Å². The van der Waals surface area contributed by atoms with Crippen LogP contribution in [-0.4, -0.2) is 46.9 Å². The van der Waals surface area contributed by atoms with Crippen molar-refractivity contribution in [2.75, 3.05) is 12.4 Å². The average molecular weight is 606 g/mol. The van der Waals surface area contributed by atoms with Crippen LogP contribution in [0.1, 0.15) is 63.8 Å². The van der Waals surface area contributed by atoms with Crippen LogP contribution in [-0.2, 0) is 38.4 Å². The number of hydrogen-bond acceptors (Lipinski definition) is 7. The number of amides is 2. The first-order valence-corrected chi connectivity index (χ1v) is 14.5. The lowest BCUT2D eigenvalue weighted by Gasteiger charge is -2.24. The molecule has 1 unspecified atom stereocenters. The maximum atomic E-state index is 13.6. The molecule has 2 amide bonds. The molecular weight excluding hydrogens is 562 g/mol. The van der Waals surface area contributed by atoms with Gasteiger partial charge in [0.05, 0.1) is 20.1 Å². The molecule has 1 heterocycles. The number of benzene rings is 2. The molecule has 0 fully saturated rings. The number of pyridine rings is 1. The zero-order chi connectivity index (χ0) is 32.7. The topological polar surface area (TPSA) is 125 Å². The van der Waals surface area contributed by atoms with Crippen LogP contribution in [0.2, 0.25) is 0 Å². The van der Waals surface area contributed by atoms with E-state index >= 15 is 0 Å². The van der Waals surface area contributed by atoms with Crippen LogP contribution in [0.4, 0.5) is 10.5 Å². The molecule has 2 aromatic carbocycles. The van der Waals surface area contributed by atoms with Gasteiger partial charge in [-0.1, -0.05) is 36.4 Å². The van der Waals surface area contributed by atoms with Crippen molar-refractivity contribution in [1.82, 2.24) is 9.88 Å². The van der Waals surface area contributed by atoms with E-state index in [1.807, 2.05) is 45.0 Å². The molecule has 3 rings (SSSR count). The zero-order valence-electron chi connectivity index (χ0n) is 26.8. The first-order chi connectivity index (χ1) is 20.5. The van der Waals surface area contributed by atoms with Gasteiger partial charge in [-0.3, -0.25) is 14.4 Å². The molecule has 0 aliphatic heterocycles. The normalized spacial score (nSPS) is 12.2. The number of ether oxygens (including phenoxy) is 3. The van der Waals surface area contributed by atoms with Gasteiger partial charge in [0.1, 0.15) is 28.7 Å². The zero-order valence-corrected chi connectivity index (χ0v) is 26.8. The summed E-state index contributed by atoms with van der Waals surface area (Å²) in [4.78, 5) is 52.0. The van der Waals surface area contributed by atoms with Gasteiger partial charge in [0.25, 0.3) is 5.56 Å². The Bertz CT molecular complexity index is 1510. The summed E-state index contributed by atoms with van der Waals surface area (Å²) in [7, 11) is 1.58. The molecule has 0 aliphatic carbocycles. The lowest BCUT2D eigenvalue weighted by molar-refractivity contribution is -0.153. The number of nitrogens with one attached hydrogen (secondary N) is 2. The summed E-state index contributed by atoms with van der Waals surface area (Å²) in [6.07, 6.45) is 1.13. The minimum Gasteiger partial charge on any atom is -0.497 e. The van der Waals surface area contributed by atoms with Gasteiger partial charge in [-0.05, 0) is 88.9 Å². The number of carbonyl (C=O) groups is 3. The standard InChI is InChI=1S/C34H43N3O7/c1-22-17-18-37(21-25-13-15-26(42-8)16-14-25)31(40)29(22)36-30(39)27(35-32(41)44-34(5,6)7)19-23-9-11-24(12-10-23)20-28(38)43-33(2,3)4/h9-18,27H,19-21H2,1-8H3,(H,35,41)(H,36,39). The lowest BCUT2D eigenvalue weighted by atomic mass is 10.0. The summed E-state index contributed by atoms with van der Waals surface area (Å²) < 4.78 is 17.5. The number of methoxy groups -OCH3 is 1. The number of aryl methyl sites for hydroxylation is 1. The SMILES string of the molecule is COc1ccc(Cn2ccc(C)c(NC(=O)C(Cc3ccc(CC(=O)OC(C)(C)C)cc3)NC(=O)OC(C)(C)C)c2=O)cc1. The molecule has 10 nitrogen and oxygen atoms in total. The Kier molecular flexibility index (Phi) is 11.0. The van der Waals surface area contributed by atoms with E-state index in [0.29, 0.717) is 17.9 Å². The molecule has 0 radical (unpaired) electrons. The molecule has 0 aliphatic rings. The summed E-state index contributed by atoms with van der Waals surface area (Å²) in [6, 6.07) is 15.2. The molecular formula is C34H43N3O7. The summed E-state index contributed by atoms with van der Waals surface area (Å²) in [5, 5.41) is 5.40. The van der Waals surface area contributed by atoms with Crippen LogP contribution >= 0.6 is 0 Å². The van der Waals surface area contributed by atoms with Crippen LogP contribution in [0.25, 0.3) is 0 Å². The maximum Gasteiger partial charge on any atom is 0.408 e. The monoisotopic (exact) mass is 605 g/mol. The van der Waals surface area contributed by atoms with E-state index in [1.54, 1.807) is 71.3 Å². The number of nitrogens with zero attached hydrogens (tertiary/aromatic N) is 1. The third-order valence-electron chi connectivity index (χ3n) is 6.37. The second-order valence-electron chi connectivity index (χ2n) is 12.6. The molecule has 0 saturated carbocycles. The number of hydrogen-bond donors (Lipinski definition) is 2. The van der Waals surface area contributed by atoms with E-state index in [-0.39, 0.29) is 30.1 Å². The molecule has 1 atom stereocenters. The van der Waals surface area contributed by atoms with Crippen molar-refractivity contribution >= 4 is 23.7 Å². The highest BCUT2D eigenvalue weighted by Gasteiger charge is 2.26. The highest BCUT2D eigenvalue weighted by atomic mass is 16.6. The van der Waals surface area contributed by atoms with E-state index in [1.165, 1.54) is 4.57 Å². The third kappa shape index (κ3) is 10.6. The Morgan fingerprint density at radius 2 is 1.39 bits per heavy atom. The lowest BCUT2D eigenvalue weighted by Crippen LogP contribution is -2.47. The van der Waals surface area contributed by atoms with E-state index < -0.39 is 29.2 Å². The average Bonchev–Trinajstić information content (AvgIpc) is 2.91. The fourth-order valence-electron chi connectivity index (χ4n) is 4.31. The predicted molar refractivity (Wildman–Crippen MR) is 169 cm³/mol. The molecule has 2 N–H and O–H groups in total. The molecule has 0 bridgehead atoms. The van der Waals surface area contributed by atoms with Crippen molar-refractivity contribution in [2.45, 2.75) is 85.1 Å². The third-order valence-corrected chi connectivity index (χ3v) is 6.37. The van der Waals surface area contributed by atoms with Gasteiger partial charge in [0.2, 0.25) is 5.91 Å². The minimum atomic E-state index is -1.06. The summed E-state index contributed by atoms with van der Waals surface area (Å²) in [6.45, 7) is 12.6. The number of aromatic nitrogens is 1. The molecule has 236 valence electrons. The van der Waals surface area contributed by atoms with Crippen molar-refractivity contribution in [2.24, 2.45) is 0 Å². The predicted octanol–water partition coefficient (Wildman–Crippen LogP) is 5.17. The van der Waals surface area contributed by atoms with Crippen molar-refractivity contribution in [3.05, 3.63) is 93.4 Å². The molecule has 3 aromatic rings. The van der Waals surface area contributed by atoms with Crippen LogP contribution in [0, 0.1) is 6.92 Å². The Balaban J connectivity index is 1.81. The van der Waals surface area contributed by atoms with Crippen molar-refractivity contribution < 1.29 is 28.6 Å². The van der Waals surface area contributed by atoms with Gasteiger partial charge in [-0.2, -0.15) is 0 Å². The van der Waals surface area contributed by atoms with E-state index in [0.717, 1.165) is 16.7 Å². The smallest absolute Gasteiger partial charge is 0.408 e. The van der Waals surface area contributed by atoms with Crippen molar-refractivity contribution in [3.63, 3.8) is 0 Å². The van der Waals surface area contributed by atoms with Crippen LogP contribution in [0.5, 0.6) is 5.75 Å². The molecule has 0 spiro atoms. The van der Waals surface area contributed by atoms with Gasteiger partial charge in [-0.15, -0.1) is 0 Å². The first-order valence-electron chi connectivity index (χ1n) is 14.5. The fraction of sp³-hybridized carbons (Fsp3) is 0.412. The van der Waals surface area contributed by atoms with Gasteiger partial charge in [-0.25, -0.2) is 4.79 Å².